The fourth-order valence-electron chi connectivity index (χ4n) is 3.27. The minimum absolute atomic E-state index is 0.381. The second-order valence-electron chi connectivity index (χ2n) is 6.73. The molecule has 0 spiro atoms. The molecule has 2 aromatic rings. The van der Waals surface area contributed by atoms with Crippen molar-refractivity contribution in [2.24, 2.45) is 0 Å². The first-order valence-electron chi connectivity index (χ1n) is 9.31. The van der Waals surface area contributed by atoms with E-state index in [4.69, 9.17) is 9.72 Å². The van der Waals surface area contributed by atoms with Gasteiger partial charge in [-0.3, -0.25) is 4.98 Å². The summed E-state index contributed by atoms with van der Waals surface area (Å²) < 4.78 is 5.98. The molecule has 5 heteroatoms. The Morgan fingerprint density at radius 2 is 2.08 bits per heavy atom. The third-order valence-electron chi connectivity index (χ3n) is 4.82. The third-order valence-corrected chi connectivity index (χ3v) is 4.82. The molecule has 1 aliphatic heterocycles. The van der Waals surface area contributed by atoms with Crippen LogP contribution in [0, 0.1) is 13.8 Å². The normalized spacial score (nSPS) is 18.2. The lowest BCUT2D eigenvalue weighted by Crippen LogP contribution is -2.27. The average Bonchev–Trinajstić information content (AvgIpc) is 2.88. The Hall–Kier alpha value is -2.01. The molecule has 1 unspecified atom stereocenters. The minimum Gasteiger partial charge on any atom is -0.378 e. The summed E-state index contributed by atoms with van der Waals surface area (Å²) in [6, 6.07) is 3.94. The molecule has 1 aliphatic rings. The van der Waals surface area contributed by atoms with Crippen molar-refractivity contribution < 1.29 is 4.74 Å². The highest BCUT2D eigenvalue weighted by molar-refractivity contribution is 5.59. The maximum absolute atomic E-state index is 5.98. The summed E-state index contributed by atoms with van der Waals surface area (Å²) in [5, 5.41) is 0. The molecule has 3 heterocycles. The second-order valence-corrected chi connectivity index (χ2v) is 6.73. The van der Waals surface area contributed by atoms with Gasteiger partial charge in [0, 0.05) is 48.9 Å². The number of anilines is 1. The zero-order valence-electron chi connectivity index (χ0n) is 15.5. The number of ether oxygens (including phenoxy) is 1. The third kappa shape index (κ3) is 4.34. The fourth-order valence-corrected chi connectivity index (χ4v) is 3.27. The molecular formula is C20H28N4O. The number of nitrogens with zero attached hydrogens (tertiary/aromatic N) is 4. The number of aryl methyl sites for hydroxylation is 1. The molecule has 3 rings (SSSR count). The van der Waals surface area contributed by atoms with Gasteiger partial charge in [-0.2, -0.15) is 0 Å². The molecule has 0 N–H and O–H groups in total. The van der Waals surface area contributed by atoms with Crippen molar-refractivity contribution >= 4 is 5.82 Å². The van der Waals surface area contributed by atoms with Gasteiger partial charge in [-0.1, -0.05) is 6.92 Å². The summed E-state index contributed by atoms with van der Waals surface area (Å²) in [6.45, 7) is 9.21. The van der Waals surface area contributed by atoms with Crippen LogP contribution in [0.2, 0.25) is 0 Å². The molecule has 0 aromatic carbocycles. The first-order chi connectivity index (χ1) is 12.2. The first-order valence-corrected chi connectivity index (χ1v) is 9.31. The van der Waals surface area contributed by atoms with Gasteiger partial charge in [0.05, 0.1) is 6.10 Å². The van der Waals surface area contributed by atoms with Crippen molar-refractivity contribution in [2.75, 3.05) is 24.6 Å². The number of rotatable bonds is 5. The molecule has 134 valence electrons. The van der Waals surface area contributed by atoms with E-state index in [-0.39, 0.29) is 0 Å². The molecule has 1 saturated heterocycles. The van der Waals surface area contributed by atoms with E-state index >= 15 is 0 Å². The van der Waals surface area contributed by atoms with Crippen LogP contribution in [0.4, 0.5) is 5.82 Å². The van der Waals surface area contributed by atoms with Crippen LogP contribution >= 0.6 is 0 Å². The van der Waals surface area contributed by atoms with E-state index in [0.29, 0.717) is 6.10 Å². The predicted octanol–water partition coefficient (Wildman–Crippen LogP) is 3.94. The molecule has 0 amide bonds. The molecule has 5 nitrogen and oxygen atoms in total. The predicted molar refractivity (Wildman–Crippen MR) is 101 cm³/mol. The van der Waals surface area contributed by atoms with Crippen molar-refractivity contribution in [3.63, 3.8) is 0 Å². The second kappa shape index (κ2) is 8.39. The molecular weight excluding hydrogens is 312 g/mol. The largest absolute Gasteiger partial charge is 0.378 e. The van der Waals surface area contributed by atoms with Gasteiger partial charge in [0.15, 0.2) is 5.82 Å². The van der Waals surface area contributed by atoms with E-state index in [9.17, 15) is 0 Å². The number of pyridine rings is 1. The molecule has 0 bridgehead atoms. The lowest BCUT2D eigenvalue weighted by molar-refractivity contribution is 0.0461. The molecule has 0 radical (unpaired) electrons. The smallest absolute Gasteiger partial charge is 0.163 e. The van der Waals surface area contributed by atoms with Gasteiger partial charge in [0.25, 0.3) is 0 Å². The van der Waals surface area contributed by atoms with Gasteiger partial charge in [-0.15, -0.1) is 0 Å². The van der Waals surface area contributed by atoms with Gasteiger partial charge in [-0.05, 0) is 51.7 Å². The Labute approximate surface area is 150 Å². The van der Waals surface area contributed by atoms with Crippen LogP contribution in [-0.4, -0.2) is 40.8 Å². The van der Waals surface area contributed by atoms with Crippen LogP contribution in [0.5, 0.6) is 0 Å². The summed E-state index contributed by atoms with van der Waals surface area (Å²) in [6.07, 6.45) is 8.39. The van der Waals surface area contributed by atoms with Crippen LogP contribution < -0.4 is 4.90 Å². The van der Waals surface area contributed by atoms with E-state index in [2.05, 4.69) is 35.6 Å². The highest BCUT2D eigenvalue weighted by Gasteiger charge is 2.21. The monoisotopic (exact) mass is 340 g/mol. The number of hydrogen-bond donors (Lipinski definition) is 0. The Balaban J connectivity index is 1.83. The lowest BCUT2D eigenvalue weighted by Gasteiger charge is -2.24. The van der Waals surface area contributed by atoms with E-state index in [0.717, 1.165) is 68.3 Å². The Morgan fingerprint density at radius 3 is 2.84 bits per heavy atom. The van der Waals surface area contributed by atoms with Gasteiger partial charge in [-0.25, -0.2) is 9.97 Å². The maximum atomic E-state index is 5.98. The molecule has 2 aromatic heterocycles. The molecule has 0 aliphatic carbocycles. The highest BCUT2D eigenvalue weighted by atomic mass is 16.5. The van der Waals surface area contributed by atoms with Gasteiger partial charge in [0.2, 0.25) is 0 Å². The van der Waals surface area contributed by atoms with Crippen LogP contribution in [0.1, 0.15) is 43.9 Å². The number of hydrogen-bond acceptors (Lipinski definition) is 5. The Kier molecular flexibility index (Phi) is 5.97. The van der Waals surface area contributed by atoms with Crippen molar-refractivity contribution in [1.82, 2.24) is 15.0 Å². The van der Waals surface area contributed by atoms with Crippen molar-refractivity contribution in [1.29, 1.82) is 0 Å². The summed E-state index contributed by atoms with van der Waals surface area (Å²) in [4.78, 5) is 16.2. The van der Waals surface area contributed by atoms with E-state index < -0.39 is 0 Å². The van der Waals surface area contributed by atoms with Gasteiger partial charge < -0.3 is 9.64 Å². The maximum Gasteiger partial charge on any atom is 0.163 e. The first kappa shape index (κ1) is 17.8. The quantitative estimate of drug-likeness (QED) is 0.825. The highest BCUT2D eigenvalue weighted by Crippen LogP contribution is 2.26. The zero-order chi connectivity index (χ0) is 17.6. The summed E-state index contributed by atoms with van der Waals surface area (Å²) in [5.41, 5.74) is 3.17. The van der Waals surface area contributed by atoms with Crippen molar-refractivity contribution in [2.45, 2.75) is 52.6 Å². The van der Waals surface area contributed by atoms with Crippen molar-refractivity contribution in [3.8, 4) is 11.4 Å². The van der Waals surface area contributed by atoms with Crippen molar-refractivity contribution in [3.05, 3.63) is 35.8 Å². The topological polar surface area (TPSA) is 51.1 Å². The molecule has 0 saturated carbocycles. The van der Waals surface area contributed by atoms with E-state index in [1.807, 2.05) is 18.3 Å². The SMILES string of the molecule is CCCOC1CCCN(c2nc(-c3cccnc3)nc(C)c2C)CC1. The molecule has 1 fully saturated rings. The van der Waals surface area contributed by atoms with E-state index in [1.165, 1.54) is 5.56 Å². The fraction of sp³-hybridized carbons (Fsp3) is 0.550. The summed E-state index contributed by atoms with van der Waals surface area (Å²) in [7, 11) is 0. The summed E-state index contributed by atoms with van der Waals surface area (Å²) >= 11 is 0. The standard InChI is InChI=1S/C20H28N4O/c1-4-13-25-18-8-6-11-24(12-9-18)20-15(2)16(3)22-19(23-20)17-7-5-10-21-14-17/h5,7,10,14,18H,4,6,8-9,11-13H2,1-3H3. The molecule has 25 heavy (non-hydrogen) atoms. The van der Waals surface area contributed by atoms with Gasteiger partial charge >= 0.3 is 0 Å². The zero-order valence-corrected chi connectivity index (χ0v) is 15.5. The van der Waals surface area contributed by atoms with Crippen LogP contribution in [0.25, 0.3) is 11.4 Å². The average molecular weight is 340 g/mol. The lowest BCUT2D eigenvalue weighted by atomic mass is 10.1. The van der Waals surface area contributed by atoms with Crippen LogP contribution in [0.3, 0.4) is 0 Å². The molecule has 1 atom stereocenters. The van der Waals surface area contributed by atoms with E-state index in [1.54, 1.807) is 6.20 Å². The Morgan fingerprint density at radius 1 is 1.20 bits per heavy atom. The van der Waals surface area contributed by atoms with Crippen LogP contribution in [-0.2, 0) is 4.74 Å². The van der Waals surface area contributed by atoms with Crippen LogP contribution in [0.15, 0.2) is 24.5 Å². The van der Waals surface area contributed by atoms with Gasteiger partial charge in [0.1, 0.15) is 5.82 Å². The number of aromatic nitrogens is 3. The Bertz CT molecular complexity index is 690. The summed E-state index contributed by atoms with van der Waals surface area (Å²) in [5.74, 6) is 1.82. The minimum atomic E-state index is 0.381.